The van der Waals surface area contributed by atoms with Gasteiger partial charge in [0.25, 0.3) is 0 Å². The molecule has 0 radical (unpaired) electrons. The minimum Gasteiger partial charge on any atom is -0.463 e. The molecule has 2 heterocycles. The zero-order chi connectivity index (χ0) is 72.5. The summed E-state index contributed by atoms with van der Waals surface area (Å²) in [6.45, 7) is 3.45. The molecule has 0 aromatic carbocycles. The Bertz CT molecular complexity index is 2090. The highest BCUT2D eigenvalue weighted by atomic mass is 31.2. The Hall–Kier alpha value is -2.30. The van der Waals surface area contributed by atoms with Gasteiger partial charge in [-0.05, 0) is 44.9 Å². The first-order valence-electron chi connectivity index (χ1n) is 39.0. The standard InChI is InChI=1S/C74H137O24P/c1-4-7-10-13-16-19-22-25-27-28-29-32-34-37-40-43-46-49-59(77)91-54-57-62(80)64(82)69(87)74(95-57)97-71-67(85)65(83)66(84)70(96-73-68(86)63(81)61(79)56(51-75)94-73)72(71)98-99(88,89)92-53-55(52-90-58(76)48-45-42-39-36-33-30-24-21-18-15-12-9-6-3)93-60(78)50-47-44-41-38-35-31-26-23-20-17-14-11-8-5-2/h30,33,55-57,61-75,79-87H,4-29,31-32,34-54H2,1-3H3,(H,88,89)/b33-30-. The van der Waals surface area contributed by atoms with Crippen LogP contribution in [0.3, 0.4) is 0 Å². The molecule has 0 spiro atoms. The average Bonchev–Trinajstić information content (AvgIpc) is 0.762. The molecule has 3 aliphatic rings. The first-order valence-corrected chi connectivity index (χ1v) is 40.5. The Morgan fingerprint density at radius 3 is 1.10 bits per heavy atom. The van der Waals surface area contributed by atoms with Gasteiger partial charge in [0.15, 0.2) is 18.7 Å². The molecule has 0 bridgehead atoms. The Balaban J connectivity index is 1.71. The second-order valence-electron chi connectivity index (χ2n) is 28.1. The summed E-state index contributed by atoms with van der Waals surface area (Å²) >= 11 is 0. The average molecular weight is 1440 g/mol. The summed E-state index contributed by atoms with van der Waals surface area (Å²) in [5.41, 5.74) is 0. The topological polar surface area (TPSA) is 374 Å². The maximum absolute atomic E-state index is 14.3. The highest BCUT2D eigenvalue weighted by Gasteiger charge is 2.58. The van der Waals surface area contributed by atoms with E-state index in [-0.39, 0.29) is 19.3 Å². The summed E-state index contributed by atoms with van der Waals surface area (Å²) in [6.07, 6.45) is 15.5. The monoisotopic (exact) mass is 1440 g/mol. The van der Waals surface area contributed by atoms with E-state index in [1.54, 1.807) is 0 Å². The van der Waals surface area contributed by atoms with Crippen LogP contribution < -0.4 is 0 Å². The molecule has 25 heteroatoms. The van der Waals surface area contributed by atoms with E-state index in [9.17, 15) is 74.9 Å². The number of unbranched alkanes of at least 4 members (excludes halogenated alkanes) is 38. The van der Waals surface area contributed by atoms with Crippen molar-refractivity contribution in [2.45, 2.75) is 414 Å². The van der Waals surface area contributed by atoms with Crippen LogP contribution >= 0.6 is 7.82 Å². The number of aliphatic hydroxyl groups is 10. The molecule has 1 saturated carbocycles. The van der Waals surface area contributed by atoms with E-state index in [4.69, 9.17) is 42.2 Å². The van der Waals surface area contributed by atoms with E-state index in [1.807, 2.05) is 0 Å². The number of phosphoric ester groups is 1. The van der Waals surface area contributed by atoms with E-state index in [0.29, 0.717) is 19.3 Å². The van der Waals surface area contributed by atoms with Crippen molar-refractivity contribution in [1.82, 2.24) is 0 Å². The molecule has 2 saturated heterocycles. The van der Waals surface area contributed by atoms with Crippen LogP contribution in [-0.2, 0) is 61.2 Å². The molecule has 3 fully saturated rings. The summed E-state index contributed by atoms with van der Waals surface area (Å²) in [7, 11) is -5.70. The van der Waals surface area contributed by atoms with Crippen LogP contribution in [0.2, 0.25) is 0 Å². The molecule has 2 aliphatic heterocycles. The van der Waals surface area contributed by atoms with Crippen LogP contribution in [0.15, 0.2) is 12.2 Å². The van der Waals surface area contributed by atoms with Crippen LogP contribution in [0, 0.1) is 0 Å². The van der Waals surface area contributed by atoms with Crippen molar-refractivity contribution >= 4 is 25.7 Å². The number of aliphatic hydroxyl groups excluding tert-OH is 10. The maximum Gasteiger partial charge on any atom is 0.472 e. The van der Waals surface area contributed by atoms with Gasteiger partial charge in [0.1, 0.15) is 98.7 Å². The van der Waals surface area contributed by atoms with Crippen molar-refractivity contribution in [3.8, 4) is 0 Å². The van der Waals surface area contributed by atoms with Gasteiger partial charge < -0.3 is 89.1 Å². The summed E-state index contributed by atoms with van der Waals surface area (Å²) in [5, 5.41) is 110. The molecule has 0 aromatic heterocycles. The van der Waals surface area contributed by atoms with Crippen LogP contribution in [0.1, 0.15) is 310 Å². The van der Waals surface area contributed by atoms with Gasteiger partial charge in [0.2, 0.25) is 0 Å². The fraction of sp³-hybridized carbons (Fsp3) is 0.932. The predicted octanol–water partition coefficient (Wildman–Crippen LogP) is 11.1. The number of hydrogen-bond acceptors (Lipinski definition) is 23. The zero-order valence-corrected chi connectivity index (χ0v) is 61.7. The SMILES string of the molecule is CCCCCCCC/C=C\CCCCCC(=O)OCC(COP(=O)(O)OC1C(OC2OC(CO)C(O)C(O)C2O)C(O)C(O)C(O)C1OC1OC(COC(=O)CCCCCCCCCCCCCCCCCCC)C(O)C(O)C1O)OC(=O)CCCCCCCCCCCCCCCC. The summed E-state index contributed by atoms with van der Waals surface area (Å²) in [4.78, 5) is 51.0. The Kier molecular flexibility index (Phi) is 51.5. The largest absolute Gasteiger partial charge is 0.472 e. The minimum absolute atomic E-state index is 0.0278. The molecule has 1 aliphatic carbocycles. The van der Waals surface area contributed by atoms with Gasteiger partial charge in [-0.2, -0.15) is 0 Å². The highest BCUT2D eigenvalue weighted by Crippen LogP contribution is 2.49. The third-order valence-corrected chi connectivity index (χ3v) is 20.3. The second kappa shape index (κ2) is 56.1. The molecule has 99 heavy (non-hydrogen) atoms. The zero-order valence-electron chi connectivity index (χ0n) is 60.8. The summed E-state index contributed by atoms with van der Waals surface area (Å²) in [5.74, 6) is -2.00. The second-order valence-corrected chi connectivity index (χ2v) is 29.5. The number of rotatable bonds is 61. The number of ether oxygens (including phenoxy) is 7. The lowest BCUT2D eigenvalue weighted by atomic mass is 9.84. The van der Waals surface area contributed by atoms with Gasteiger partial charge in [0.05, 0.1) is 13.2 Å². The van der Waals surface area contributed by atoms with Crippen molar-refractivity contribution in [2.75, 3.05) is 26.4 Å². The van der Waals surface area contributed by atoms with Crippen LogP contribution in [0.25, 0.3) is 0 Å². The third-order valence-electron chi connectivity index (χ3n) is 19.3. The summed E-state index contributed by atoms with van der Waals surface area (Å²) < 4.78 is 65.1. The molecule has 582 valence electrons. The Morgan fingerprint density at radius 1 is 0.384 bits per heavy atom. The van der Waals surface area contributed by atoms with Crippen molar-refractivity contribution in [1.29, 1.82) is 0 Å². The molecule has 3 rings (SSSR count). The Labute approximate surface area is 592 Å². The lowest BCUT2D eigenvalue weighted by molar-refractivity contribution is -0.360. The van der Waals surface area contributed by atoms with Gasteiger partial charge >= 0.3 is 25.7 Å². The first kappa shape index (κ1) is 90.9. The van der Waals surface area contributed by atoms with Crippen molar-refractivity contribution in [2.24, 2.45) is 0 Å². The lowest BCUT2D eigenvalue weighted by Crippen LogP contribution is -2.69. The summed E-state index contributed by atoms with van der Waals surface area (Å²) in [6, 6.07) is 0. The van der Waals surface area contributed by atoms with E-state index < -0.39 is 156 Å². The van der Waals surface area contributed by atoms with Gasteiger partial charge in [-0.3, -0.25) is 23.4 Å². The normalized spacial score (nSPS) is 27.5. The molecule has 24 nitrogen and oxygen atoms in total. The predicted molar refractivity (Wildman–Crippen MR) is 375 cm³/mol. The van der Waals surface area contributed by atoms with E-state index in [0.717, 1.165) is 96.3 Å². The molecule has 18 atom stereocenters. The van der Waals surface area contributed by atoms with Crippen molar-refractivity contribution in [3.05, 3.63) is 12.2 Å². The fourth-order valence-electron chi connectivity index (χ4n) is 12.9. The highest BCUT2D eigenvalue weighted by molar-refractivity contribution is 7.47. The smallest absolute Gasteiger partial charge is 0.463 e. The van der Waals surface area contributed by atoms with Gasteiger partial charge in [-0.25, -0.2) is 4.57 Å². The van der Waals surface area contributed by atoms with Gasteiger partial charge in [-0.1, -0.05) is 258 Å². The molecule has 18 unspecified atom stereocenters. The van der Waals surface area contributed by atoms with Crippen LogP contribution in [0.5, 0.6) is 0 Å². The van der Waals surface area contributed by atoms with E-state index >= 15 is 0 Å². The fourth-order valence-corrected chi connectivity index (χ4v) is 13.9. The molecule has 11 N–H and O–H groups in total. The van der Waals surface area contributed by atoms with Crippen molar-refractivity contribution in [3.63, 3.8) is 0 Å². The number of esters is 3. The number of allylic oxidation sites excluding steroid dienone is 2. The third kappa shape index (κ3) is 39.0. The van der Waals surface area contributed by atoms with E-state index in [2.05, 4.69) is 32.9 Å². The van der Waals surface area contributed by atoms with E-state index in [1.165, 1.54) is 154 Å². The van der Waals surface area contributed by atoms with Crippen molar-refractivity contribution < 1.29 is 117 Å². The van der Waals surface area contributed by atoms with Gasteiger partial charge in [-0.15, -0.1) is 0 Å². The number of hydrogen-bond donors (Lipinski definition) is 11. The Morgan fingerprint density at radius 2 is 0.707 bits per heavy atom. The van der Waals surface area contributed by atoms with Crippen LogP contribution in [-0.4, -0.2) is 204 Å². The minimum atomic E-state index is -5.70. The maximum atomic E-state index is 14.3. The van der Waals surface area contributed by atoms with Crippen LogP contribution in [0.4, 0.5) is 0 Å². The molecular formula is C74H137O24P. The number of carbonyl (C=O) groups excluding carboxylic acids is 3. The number of phosphoric acid groups is 1. The first-order chi connectivity index (χ1) is 47.8. The number of carbonyl (C=O) groups is 3. The lowest BCUT2D eigenvalue weighted by Gasteiger charge is -2.49. The van der Waals surface area contributed by atoms with Gasteiger partial charge in [0, 0.05) is 19.3 Å². The quantitative estimate of drug-likeness (QED) is 0.00886. The molecule has 0 aromatic rings. The molecular weight excluding hydrogens is 1300 g/mol. The molecule has 0 amide bonds.